The van der Waals surface area contributed by atoms with Crippen molar-refractivity contribution in [1.82, 2.24) is 0 Å². The molecular weight excluding hydrogens is 230 g/mol. The molecule has 18 heavy (non-hydrogen) atoms. The fourth-order valence-corrected chi connectivity index (χ4v) is 1.53. The Labute approximate surface area is 104 Å². The Balaban J connectivity index is 2.16. The lowest BCUT2D eigenvalue weighted by atomic mass is 10.1. The number of nitrogens with zero attached hydrogens (tertiary/aromatic N) is 1. The molecule has 0 unspecified atom stereocenters. The number of aromatic hydroxyl groups is 1. The van der Waals surface area contributed by atoms with Crippen molar-refractivity contribution in [3.05, 3.63) is 69.8 Å². The van der Waals surface area contributed by atoms with E-state index in [-0.39, 0.29) is 11.4 Å². The monoisotopic (exact) mass is 241 g/mol. The minimum absolute atomic E-state index is 0.0736. The zero-order chi connectivity index (χ0) is 13.0. The molecule has 0 aliphatic heterocycles. The van der Waals surface area contributed by atoms with Crippen LogP contribution in [0, 0.1) is 10.1 Å². The Morgan fingerprint density at radius 1 is 1.00 bits per heavy atom. The molecule has 0 saturated heterocycles. The lowest BCUT2D eigenvalue weighted by molar-refractivity contribution is -0.384. The normalized spacial score (nSPS) is 10.7. The second-order valence-electron chi connectivity index (χ2n) is 3.78. The maximum atomic E-state index is 10.5. The SMILES string of the molecule is O=[N+]([O-])c1ccc(/C=C/c2cccc(O)c2)cc1. The van der Waals surface area contributed by atoms with E-state index in [0.717, 1.165) is 11.1 Å². The number of hydrogen-bond acceptors (Lipinski definition) is 3. The van der Waals surface area contributed by atoms with Crippen LogP contribution in [0.5, 0.6) is 5.75 Å². The van der Waals surface area contributed by atoms with Gasteiger partial charge in [-0.15, -0.1) is 0 Å². The molecule has 0 aliphatic carbocycles. The topological polar surface area (TPSA) is 63.4 Å². The van der Waals surface area contributed by atoms with Gasteiger partial charge >= 0.3 is 0 Å². The van der Waals surface area contributed by atoms with Gasteiger partial charge in [-0.05, 0) is 35.4 Å². The second kappa shape index (κ2) is 5.14. The van der Waals surface area contributed by atoms with Crippen LogP contribution in [-0.4, -0.2) is 10.0 Å². The van der Waals surface area contributed by atoms with Gasteiger partial charge in [-0.1, -0.05) is 24.3 Å². The number of hydrogen-bond donors (Lipinski definition) is 1. The Kier molecular flexibility index (Phi) is 3.38. The van der Waals surface area contributed by atoms with Gasteiger partial charge in [-0.25, -0.2) is 0 Å². The summed E-state index contributed by atoms with van der Waals surface area (Å²) in [7, 11) is 0. The molecule has 0 heterocycles. The summed E-state index contributed by atoms with van der Waals surface area (Å²) >= 11 is 0. The maximum Gasteiger partial charge on any atom is 0.269 e. The van der Waals surface area contributed by atoms with E-state index in [0.29, 0.717) is 0 Å². The molecule has 0 bridgehead atoms. The van der Waals surface area contributed by atoms with Gasteiger partial charge in [-0.3, -0.25) is 10.1 Å². The summed E-state index contributed by atoms with van der Waals surface area (Å²) in [6, 6.07) is 13.1. The summed E-state index contributed by atoms with van der Waals surface area (Å²) < 4.78 is 0. The van der Waals surface area contributed by atoms with Gasteiger partial charge in [0, 0.05) is 12.1 Å². The average Bonchev–Trinajstić information content (AvgIpc) is 2.37. The number of rotatable bonds is 3. The van der Waals surface area contributed by atoms with E-state index in [4.69, 9.17) is 0 Å². The zero-order valence-electron chi connectivity index (χ0n) is 9.48. The number of non-ortho nitro benzene ring substituents is 1. The van der Waals surface area contributed by atoms with E-state index < -0.39 is 4.92 Å². The minimum atomic E-state index is -0.428. The van der Waals surface area contributed by atoms with Crippen LogP contribution in [0.3, 0.4) is 0 Å². The Morgan fingerprint density at radius 2 is 1.67 bits per heavy atom. The molecule has 0 aromatic heterocycles. The van der Waals surface area contributed by atoms with Crippen molar-refractivity contribution in [2.45, 2.75) is 0 Å². The Morgan fingerprint density at radius 3 is 2.28 bits per heavy atom. The summed E-state index contributed by atoms with van der Waals surface area (Å²) in [5, 5.41) is 19.8. The van der Waals surface area contributed by atoms with E-state index in [1.54, 1.807) is 30.3 Å². The predicted molar refractivity (Wildman–Crippen MR) is 70.1 cm³/mol. The molecule has 90 valence electrons. The summed E-state index contributed by atoms with van der Waals surface area (Å²) in [4.78, 5) is 10.1. The van der Waals surface area contributed by atoms with E-state index in [9.17, 15) is 15.2 Å². The first-order valence-electron chi connectivity index (χ1n) is 5.37. The molecule has 0 atom stereocenters. The van der Waals surface area contributed by atoms with Crippen LogP contribution >= 0.6 is 0 Å². The Hall–Kier alpha value is -2.62. The van der Waals surface area contributed by atoms with E-state index >= 15 is 0 Å². The third-order valence-electron chi connectivity index (χ3n) is 2.44. The fourth-order valence-electron chi connectivity index (χ4n) is 1.53. The van der Waals surface area contributed by atoms with Gasteiger partial charge in [0.05, 0.1) is 4.92 Å². The molecular formula is C14H11NO3. The van der Waals surface area contributed by atoms with Gasteiger partial charge in [0.2, 0.25) is 0 Å². The minimum Gasteiger partial charge on any atom is -0.508 e. The highest BCUT2D eigenvalue weighted by atomic mass is 16.6. The van der Waals surface area contributed by atoms with Crippen LogP contribution in [0.15, 0.2) is 48.5 Å². The molecule has 1 N–H and O–H groups in total. The van der Waals surface area contributed by atoms with Crippen LogP contribution in [0.4, 0.5) is 5.69 Å². The van der Waals surface area contributed by atoms with E-state index in [2.05, 4.69) is 0 Å². The molecule has 2 rings (SSSR count). The quantitative estimate of drug-likeness (QED) is 0.508. The first-order chi connectivity index (χ1) is 8.65. The zero-order valence-corrected chi connectivity index (χ0v) is 9.48. The van der Waals surface area contributed by atoms with E-state index in [1.807, 2.05) is 18.2 Å². The lowest BCUT2D eigenvalue weighted by Gasteiger charge is -1.96. The number of phenolic OH excluding ortho intramolecular Hbond substituents is 1. The molecule has 0 radical (unpaired) electrons. The van der Waals surface area contributed by atoms with Crippen molar-refractivity contribution in [1.29, 1.82) is 0 Å². The van der Waals surface area contributed by atoms with Crippen LogP contribution in [0.2, 0.25) is 0 Å². The average molecular weight is 241 g/mol. The van der Waals surface area contributed by atoms with Gasteiger partial charge in [0.25, 0.3) is 5.69 Å². The third kappa shape index (κ3) is 2.95. The van der Waals surface area contributed by atoms with Gasteiger partial charge in [0.1, 0.15) is 5.75 Å². The summed E-state index contributed by atoms with van der Waals surface area (Å²) in [6.45, 7) is 0. The van der Waals surface area contributed by atoms with Crippen molar-refractivity contribution in [3.63, 3.8) is 0 Å². The summed E-state index contributed by atoms with van der Waals surface area (Å²) in [5.41, 5.74) is 1.81. The number of nitro groups is 1. The van der Waals surface area contributed by atoms with Crippen molar-refractivity contribution in [2.24, 2.45) is 0 Å². The highest BCUT2D eigenvalue weighted by molar-refractivity contribution is 5.70. The highest BCUT2D eigenvalue weighted by Gasteiger charge is 2.02. The van der Waals surface area contributed by atoms with Crippen molar-refractivity contribution >= 4 is 17.8 Å². The summed E-state index contributed by atoms with van der Waals surface area (Å²) in [6.07, 6.45) is 3.67. The smallest absolute Gasteiger partial charge is 0.269 e. The van der Waals surface area contributed by atoms with Gasteiger partial charge < -0.3 is 5.11 Å². The largest absolute Gasteiger partial charge is 0.508 e. The molecule has 0 aliphatic rings. The fraction of sp³-hybridized carbons (Fsp3) is 0. The molecule has 0 fully saturated rings. The molecule has 2 aromatic rings. The van der Waals surface area contributed by atoms with Crippen molar-refractivity contribution in [3.8, 4) is 5.75 Å². The Bertz CT molecular complexity index is 588. The molecule has 0 amide bonds. The van der Waals surface area contributed by atoms with E-state index in [1.165, 1.54) is 12.1 Å². The van der Waals surface area contributed by atoms with Crippen LogP contribution < -0.4 is 0 Å². The first-order valence-corrected chi connectivity index (χ1v) is 5.37. The highest BCUT2D eigenvalue weighted by Crippen LogP contribution is 2.16. The van der Waals surface area contributed by atoms with Gasteiger partial charge in [0.15, 0.2) is 0 Å². The molecule has 4 heteroatoms. The molecule has 4 nitrogen and oxygen atoms in total. The van der Waals surface area contributed by atoms with Crippen molar-refractivity contribution < 1.29 is 10.0 Å². The maximum absolute atomic E-state index is 10.5. The van der Waals surface area contributed by atoms with Gasteiger partial charge in [-0.2, -0.15) is 0 Å². The molecule has 0 spiro atoms. The van der Waals surface area contributed by atoms with Crippen LogP contribution in [0.1, 0.15) is 11.1 Å². The third-order valence-corrected chi connectivity index (χ3v) is 2.44. The standard InChI is InChI=1S/C14H11NO3/c16-14-3-1-2-12(10-14)5-4-11-6-8-13(9-7-11)15(17)18/h1-10,16H/b5-4+. The summed E-state index contributed by atoms with van der Waals surface area (Å²) in [5.74, 6) is 0.209. The first kappa shape index (κ1) is 11.9. The number of phenols is 1. The predicted octanol–water partition coefficient (Wildman–Crippen LogP) is 3.47. The molecule has 0 saturated carbocycles. The lowest BCUT2D eigenvalue weighted by Crippen LogP contribution is -1.86. The molecule has 2 aromatic carbocycles. The number of benzene rings is 2. The van der Waals surface area contributed by atoms with Crippen LogP contribution in [-0.2, 0) is 0 Å². The second-order valence-corrected chi connectivity index (χ2v) is 3.78. The van der Waals surface area contributed by atoms with Crippen molar-refractivity contribution in [2.75, 3.05) is 0 Å². The number of nitro benzene ring substituents is 1. The van der Waals surface area contributed by atoms with Crippen LogP contribution in [0.25, 0.3) is 12.2 Å².